The molecule has 0 radical (unpaired) electrons. The second-order valence-electron chi connectivity index (χ2n) is 5.99. The van der Waals surface area contributed by atoms with Gasteiger partial charge in [-0.25, -0.2) is 0 Å². The van der Waals surface area contributed by atoms with E-state index in [-0.39, 0.29) is 30.4 Å². The molecule has 2 saturated carbocycles. The number of thiophene rings is 1. The largest absolute Gasteiger partial charge is 0.396 e. The molecule has 3 nitrogen and oxygen atoms in total. The fraction of sp³-hybridized carbons (Fsp3) is 0.667. The van der Waals surface area contributed by atoms with E-state index in [0.717, 1.165) is 5.56 Å². The number of nitrogens with one attached hydrogen (secondary N) is 1. The summed E-state index contributed by atoms with van der Waals surface area (Å²) in [6, 6.07) is 2.21. The Morgan fingerprint density at radius 2 is 2.32 bits per heavy atom. The fourth-order valence-corrected chi connectivity index (χ4v) is 4.61. The number of carbonyl (C=O) groups is 1. The minimum absolute atomic E-state index is 0.0929. The van der Waals surface area contributed by atoms with Gasteiger partial charge in [0.25, 0.3) is 0 Å². The van der Waals surface area contributed by atoms with Crippen LogP contribution in [0, 0.1) is 17.8 Å². The monoisotopic (exact) mass is 279 g/mol. The van der Waals surface area contributed by atoms with Gasteiger partial charge in [0.05, 0.1) is 5.92 Å². The van der Waals surface area contributed by atoms with Crippen molar-refractivity contribution in [2.45, 2.75) is 38.1 Å². The van der Waals surface area contributed by atoms with Crippen molar-refractivity contribution in [3.05, 3.63) is 22.4 Å². The van der Waals surface area contributed by atoms with Crippen LogP contribution < -0.4 is 5.32 Å². The summed E-state index contributed by atoms with van der Waals surface area (Å²) in [6.45, 7) is 2.16. The van der Waals surface area contributed by atoms with Crippen LogP contribution in [0.5, 0.6) is 0 Å². The van der Waals surface area contributed by atoms with Gasteiger partial charge in [0.1, 0.15) is 0 Å². The number of aliphatic hydroxyl groups is 1. The van der Waals surface area contributed by atoms with Crippen LogP contribution in [0.1, 0.15) is 37.7 Å². The molecule has 2 aliphatic rings. The topological polar surface area (TPSA) is 49.3 Å². The number of carbonyl (C=O) groups excluding carboxylic acids is 1. The van der Waals surface area contributed by atoms with E-state index in [1.165, 1.54) is 19.3 Å². The third kappa shape index (κ3) is 2.32. The molecule has 4 heteroatoms. The summed E-state index contributed by atoms with van der Waals surface area (Å²) >= 11 is 1.63. The number of hydrogen-bond donors (Lipinski definition) is 2. The lowest BCUT2D eigenvalue weighted by Crippen LogP contribution is -2.46. The highest BCUT2D eigenvalue weighted by Gasteiger charge is 2.47. The van der Waals surface area contributed by atoms with Gasteiger partial charge in [-0.15, -0.1) is 0 Å². The minimum Gasteiger partial charge on any atom is -0.396 e. The molecule has 0 aliphatic heterocycles. The van der Waals surface area contributed by atoms with Gasteiger partial charge in [0.15, 0.2) is 0 Å². The molecule has 2 fully saturated rings. The van der Waals surface area contributed by atoms with Crippen molar-refractivity contribution in [3.8, 4) is 0 Å². The Bertz CT molecular complexity index is 445. The van der Waals surface area contributed by atoms with Gasteiger partial charge >= 0.3 is 0 Å². The third-order valence-electron chi connectivity index (χ3n) is 5.04. The second-order valence-corrected chi connectivity index (χ2v) is 6.77. The molecule has 2 aliphatic carbocycles. The third-order valence-corrected chi connectivity index (χ3v) is 5.75. The molecule has 0 saturated heterocycles. The van der Waals surface area contributed by atoms with Crippen LogP contribution in [0.2, 0.25) is 0 Å². The molecule has 0 aromatic carbocycles. The van der Waals surface area contributed by atoms with E-state index < -0.39 is 0 Å². The Morgan fingerprint density at radius 3 is 3.00 bits per heavy atom. The molecule has 1 aromatic rings. The summed E-state index contributed by atoms with van der Waals surface area (Å²) in [5.74, 6) is 1.49. The molecule has 5 unspecified atom stereocenters. The van der Waals surface area contributed by atoms with Crippen LogP contribution in [0.3, 0.4) is 0 Å². The quantitative estimate of drug-likeness (QED) is 0.889. The smallest absolute Gasteiger partial charge is 0.227 e. The molecule has 3 rings (SSSR count). The second kappa shape index (κ2) is 5.25. The van der Waals surface area contributed by atoms with E-state index in [2.05, 4.69) is 5.32 Å². The van der Waals surface area contributed by atoms with Gasteiger partial charge in [-0.3, -0.25) is 4.79 Å². The summed E-state index contributed by atoms with van der Waals surface area (Å²) in [6.07, 6.45) is 3.62. The Labute approximate surface area is 118 Å². The highest BCUT2D eigenvalue weighted by Crippen LogP contribution is 2.48. The Kier molecular flexibility index (Phi) is 3.63. The molecule has 1 amide bonds. The van der Waals surface area contributed by atoms with E-state index >= 15 is 0 Å². The van der Waals surface area contributed by atoms with E-state index in [4.69, 9.17) is 0 Å². The number of fused-ring (bicyclic) bond motifs is 2. The highest BCUT2D eigenvalue weighted by atomic mass is 32.1. The molecule has 1 heterocycles. The molecule has 19 heavy (non-hydrogen) atoms. The van der Waals surface area contributed by atoms with Crippen molar-refractivity contribution in [3.63, 3.8) is 0 Å². The molecule has 1 aromatic heterocycles. The molecular formula is C15H21NO2S. The van der Waals surface area contributed by atoms with Gasteiger partial charge < -0.3 is 10.4 Å². The summed E-state index contributed by atoms with van der Waals surface area (Å²) in [4.78, 5) is 12.3. The van der Waals surface area contributed by atoms with Gasteiger partial charge in [0.2, 0.25) is 5.91 Å². The van der Waals surface area contributed by atoms with Crippen LogP contribution in [-0.4, -0.2) is 23.7 Å². The maximum Gasteiger partial charge on any atom is 0.227 e. The molecular weight excluding hydrogens is 258 g/mol. The maximum atomic E-state index is 12.3. The fourth-order valence-electron chi connectivity index (χ4n) is 3.86. The van der Waals surface area contributed by atoms with Crippen molar-refractivity contribution in [2.24, 2.45) is 17.8 Å². The molecule has 2 bridgehead atoms. The average molecular weight is 279 g/mol. The van der Waals surface area contributed by atoms with Crippen molar-refractivity contribution >= 4 is 17.2 Å². The highest BCUT2D eigenvalue weighted by molar-refractivity contribution is 7.08. The molecule has 0 spiro atoms. The van der Waals surface area contributed by atoms with Crippen molar-refractivity contribution in [2.75, 3.05) is 6.61 Å². The first-order valence-corrected chi connectivity index (χ1v) is 8.08. The number of aliphatic hydroxyl groups excluding tert-OH is 1. The van der Waals surface area contributed by atoms with Crippen LogP contribution in [0.15, 0.2) is 16.8 Å². The van der Waals surface area contributed by atoms with Crippen LogP contribution in [0.4, 0.5) is 0 Å². The normalized spacial score (nSPS) is 34.4. The molecule has 5 atom stereocenters. The summed E-state index contributed by atoms with van der Waals surface area (Å²) < 4.78 is 0. The van der Waals surface area contributed by atoms with Gasteiger partial charge in [-0.1, -0.05) is 0 Å². The zero-order valence-corrected chi connectivity index (χ0v) is 12.0. The standard InChI is InChI=1S/C15H21NO2S/c1-9(12-4-5-19-8-12)15(18)16-14-11-3-2-10(6-11)13(14)7-17/h4-5,8-11,13-14,17H,2-3,6-7H2,1H3,(H,16,18). The van der Waals surface area contributed by atoms with E-state index in [0.29, 0.717) is 11.8 Å². The minimum atomic E-state index is -0.0929. The zero-order valence-electron chi connectivity index (χ0n) is 11.2. The van der Waals surface area contributed by atoms with E-state index in [1.807, 2.05) is 23.8 Å². The summed E-state index contributed by atoms with van der Waals surface area (Å²) in [5, 5.41) is 16.8. The number of hydrogen-bond acceptors (Lipinski definition) is 3. The van der Waals surface area contributed by atoms with E-state index in [9.17, 15) is 9.90 Å². The van der Waals surface area contributed by atoms with Crippen LogP contribution in [0.25, 0.3) is 0 Å². The van der Waals surface area contributed by atoms with Crippen molar-refractivity contribution < 1.29 is 9.90 Å². The van der Waals surface area contributed by atoms with E-state index in [1.54, 1.807) is 11.3 Å². The number of rotatable bonds is 4. The number of amides is 1. The van der Waals surface area contributed by atoms with Gasteiger partial charge in [0, 0.05) is 18.6 Å². The Hall–Kier alpha value is -0.870. The van der Waals surface area contributed by atoms with Gasteiger partial charge in [-0.2, -0.15) is 11.3 Å². The first kappa shape index (κ1) is 13.1. The lowest BCUT2D eigenvalue weighted by Gasteiger charge is -2.31. The lowest BCUT2D eigenvalue weighted by molar-refractivity contribution is -0.123. The predicted molar refractivity (Wildman–Crippen MR) is 76.1 cm³/mol. The predicted octanol–water partition coefficient (Wildman–Crippen LogP) is 2.37. The lowest BCUT2D eigenvalue weighted by atomic mass is 9.84. The molecule has 104 valence electrons. The Balaban J connectivity index is 1.66. The zero-order chi connectivity index (χ0) is 13.4. The first-order chi connectivity index (χ1) is 9.20. The summed E-state index contributed by atoms with van der Waals surface area (Å²) in [7, 11) is 0. The molecule has 2 N–H and O–H groups in total. The van der Waals surface area contributed by atoms with Gasteiger partial charge in [-0.05, 0) is 60.4 Å². The summed E-state index contributed by atoms with van der Waals surface area (Å²) in [5.41, 5.74) is 1.09. The first-order valence-electron chi connectivity index (χ1n) is 7.14. The van der Waals surface area contributed by atoms with Crippen LogP contribution >= 0.6 is 11.3 Å². The average Bonchev–Trinajstić information content (AvgIpc) is 3.14. The Morgan fingerprint density at radius 1 is 1.53 bits per heavy atom. The maximum absolute atomic E-state index is 12.3. The van der Waals surface area contributed by atoms with Crippen molar-refractivity contribution in [1.82, 2.24) is 5.32 Å². The van der Waals surface area contributed by atoms with Crippen molar-refractivity contribution in [1.29, 1.82) is 0 Å². The van der Waals surface area contributed by atoms with Crippen LogP contribution in [-0.2, 0) is 4.79 Å². The SMILES string of the molecule is CC(C(=O)NC1C2CCC(C2)C1CO)c1ccsc1.